The van der Waals surface area contributed by atoms with Gasteiger partial charge in [-0.3, -0.25) is 8.37 Å². The molecule has 0 saturated carbocycles. The van der Waals surface area contributed by atoms with Gasteiger partial charge in [-0.05, 0) is 27.2 Å². The van der Waals surface area contributed by atoms with E-state index in [1.807, 2.05) is 0 Å². The highest BCUT2D eigenvalue weighted by atomic mass is 32.2. The fourth-order valence-electron chi connectivity index (χ4n) is 1.10. The number of hydrogen-bond acceptors (Lipinski definition) is 6. The molecule has 2 unspecified atom stereocenters. The first kappa shape index (κ1) is 16.8. The first-order chi connectivity index (χ1) is 7.67. The van der Waals surface area contributed by atoms with Crippen LogP contribution in [-0.4, -0.2) is 40.5 Å². The summed E-state index contributed by atoms with van der Waals surface area (Å²) < 4.78 is 54.7. The molecule has 0 spiro atoms. The molecule has 0 aliphatic carbocycles. The van der Waals surface area contributed by atoms with Crippen LogP contribution in [-0.2, 0) is 28.6 Å². The van der Waals surface area contributed by atoms with Crippen LogP contribution in [0.1, 0.15) is 34.1 Å². The van der Waals surface area contributed by atoms with E-state index in [9.17, 15) is 16.8 Å². The van der Waals surface area contributed by atoms with Gasteiger partial charge in [-0.1, -0.05) is 6.92 Å². The summed E-state index contributed by atoms with van der Waals surface area (Å²) in [7, 11) is -7.22. The zero-order chi connectivity index (χ0) is 13.7. The Morgan fingerprint density at radius 3 is 1.65 bits per heavy atom. The summed E-state index contributed by atoms with van der Waals surface area (Å²) in [6, 6.07) is 0. The van der Waals surface area contributed by atoms with Crippen molar-refractivity contribution in [3.8, 4) is 0 Å². The first-order valence-corrected chi connectivity index (χ1v) is 8.64. The molecular weight excluding hydrogens is 268 g/mol. The Morgan fingerprint density at radius 1 is 0.882 bits per heavy atom. The average Bonchev–Trinajstić information content (AvgIpc) is 2.25. The Kier molecular flexibility index (Phi) is 6.60. The fraction of sp³-hybridized carbons (Fsp3) is 1.00. The first-order valence-electron chi connectivity index (χ1n) is 5.49. The van der Waals surface area contributed by atoms with Gasteiger partial charge in [0.15, 0.2) is 0 Å². The minimum atomic E-state index is -3.61. The summed E-state index contributed by atoms with van der Waals surface area (Å²) in [5, 5.41) is 0. The molecule has 0 heterocycles. The molecule has 8 heteroatoms. The van der Waals surface area contributed by atoms with Gasteiger partial charge in [0.05, 0.1) is 11.5 Å². The smallest absolute Gasteiger partial charge is 0.264 e. The lowest BCUT2D eigenvalue weighted by atomic mass is 10.2. The molecule has 0 aromatic carbocycles. The molecule has 0 aromatic rings. The van der Waals surface area contributed by atoms with Crippen molar-refractivity contribution < 1.29 is 25.2 Å². The van der Waals surface area contributed by atoms with Crippen molar-refractivity contribution in [3.05, 3.63) is 0 Å². The second-order valence-corrected chi connectivity index (χ2v) is 7.31. The van der Waals surface area contributed by atoms with Crippen molar-refractivity contribution in [1.82, 2.24) is 0 Å². The second kappa shape index (κ2) is 6.67. The zero-order valence-corrected chi connectivity index (χ0v) is 12.2. The maximum atomic E-state index is 11.3. The maximum Gasteiger partial charge on any atom is 0.267 e. The van der Waals surface area contributed by atoms with Crippen LogP contribution in [0.15, 0.2) is 0 Å². The Bertz CT molecular complexity index is 411. The highest BCUT2D eigenvalue weighted by molar-refractivity contribution is 7.87. The summed E-state index contributed by atoms with van der Waals surface area (Å²) in [5.74, 6) is -0.314. The van der Waals surface area contributed by atoms with E-state index in [2.05, 4.69) is 0 Å². The molecule has 0 rings (SSSR count). The lowest BCUT2D eigenvalue weighted by Crippen LogP contribution is -2.33. The summed E-state index contributed by atoms with van der Waals surface area (Å²) in [6.07, 6.45) is -1.27. The van der Waals surface area contributed by atoms with Crippen molar-refractivity contribution in [2.75, 3.05) is 11.5 Å². The normalized spacial score (nSPS) is 16.7. The monoisotopic (exact) mass is 288 g/mol. The van der Waals surface area contributed by atoms with E-state index in [1.54, 1.807) is 6.92 Å². The van der Waals surface area contributed by atoms with E-state index in [4.69, 9.17) is 8.37 Å². The summed E-state index contributed by atoms with van der Waals surface area (Å²) in [4.78, 5) is 0. The highest BCUT2D eigenvalue weighted by Gasteiger charge is 2.26. The zero-order valence-electron chi connectivity index (χ0n) is 10.5. The molecule has 0 aliphatic heterocycles. The lowest BCUT2D eigenvalue weighted by Gasteiger charge is -2.21. The Hall–Kier alpha value is -0.180. The van der Waals surface area contributed by atoms with Crippen LogP contribution in [0.4, 0.5) is 0 Å². The molecule has 0 N–H and O–H groups in total. The maximum absolute atomic E-state index is 11.3. The molecule has 0 aromatic heterocycles. The van der Waals surface area contributed by atoms with Gasteiger partial charge < -0.3 is 0 Å². The Morgan fingerprint density at radius 2 is 1.29 bits per heavy atom. The molecule has 0 radical (unpaired) electrons. The fourth-order valence-corrected chi connectivity index (χ4v) is 2.62. The molecule has 17 heavy (non-hydrogen) atoms. The molecule has 0 fully saturated rings. The van der Waals surface area contributed by atoms with Gasteiger partial charge in [0.25, 0.3) is 20.2 Å². The third kappa shape index (κ3) is 6.35. The van der Waals surface area contributed by atoms with Crippen molar-refractivity contribution in [2.45, 2.75) is 46.3 Å². The molecular formula is C9H20O6S2. The Balaban J connectivity index is 4.69. The summed E-state index contributed by atoms with van der Waals surface area (Å²) in [5.41, 5.74) is 0. The van der Waals surface area contributed by atoms with E-state index < -0.39 is 32.4 Å². The summed E-state index contributed by atoms with van der Waals surface area (Å²) >= 11 is 0. The number of hydrogen-bond donors (Lipinski definition) is 0. The van der Waals surface area contributed by atoms with Crippen LogP contribution in [0.3, 0.4) is 0 Å². The van der Waals surface area contributed by atoms with Gasteiger partial charge in [-0.2, -0.15) is 16.8 Å². The molecule has 2 atom stereocenters. The molecule has 0 bridgehead atoms. The topological polar surface area (TPSA) is 86.7 Å². The molecule has 0 aliphatic rings. The van der Waals surface area contributed by atoms with Crippen LogP contribution >= 0.6 is 0 Å². The second-order valence-electron chi connectivity index (χ2n) is 3.54. The molecule has 0 saturated heterocycles. The molecule has 0 amide bonds. The van der Waals surface area contributed by atoms with Gasteiger partial charge in [-0.15, -0.1) is 0 Å². The van der Waals surface area contributed by atoms with Crippen LogP contribution in [0.2, 0.25) is 0 Å². The van der Waals surface area contributed by atoms with Crippen molar-refractivity contribution >= 4 is 20.2 Å². The molecule has 104 valence electrons. The average molecular weight is 288 g/mol. The van der Waals surface area contributed by atoms with Gasteiger partial charge >= 0.3 is 0 Å². The van der Waals surface area contributed by atoms with E-state index >= 15 is 0 Å². The van der Waals surface area contributed by atoms with Crippen LogP contribution in [0.5, 0.6) is 0 Å². The van der Waals surface area contributed by atoms with Crippen molar-refractivity contribution in [2.24, 2.45) is 0 Å². The van der Waals surface area contributed by atoms with E-state index in [-0.39, 0.29) is 11.5 Å². The van der Waals surface area contributed by atoms with E-state index in [0.717, 1.165) is 0 Å². The minimum absolute atomic E-state index is 0.156. The largest absolute Gasteiger partial charge is 0.267 e. The standard InChI is InChI=1S/C9H20O6S2/c1-5-9(15-17(12,13)7-3)8(4)14-16(10,11)6-2/h8-9H,5-7H2,1-4H3. The van der Waals surface area contributed by atoms with Gasteiger partial charge in [-0.25, -0.2) is 0 Å². The van der Waals surface area contributed by atoms with Gasteiger partial charge in [0.2, 0.25) is 0 Å². The van der Waals surface area contributed by atoms with Crippen molar-refractivity contribution in [1.29, 1.82) is 0 Å². The third-order valence-corrected chi connectivity index (χ3v) is 4.75. The van der Waals surface area contributed by atoms with Crippen molar-refractivity contribution in [3.63, 3.8) is 0 Å². The van der Waals surface area contributed by atoms with E-state index in [0.29, 0.717) is 6.42 Å². The van der Waals surface area contributed by atoms with E-state index in [1.165, 1.54) is 20.8 Å². The minimum Gasteiger partial charge on any atom is -0.264 e. The highest BCUT2D eigenvalue weighted by Crippen LogP contribution is 2.14. The Labute approximate surface area is 104 Å². The van der Waals surface area contributed by atoms with Crippen LogP contribution in [0.25, 0.3) is 0 Å². The summed E-state index contributed by atoms with van der Waals surface area (Å²) in [6.45, 7) is 6.09. The SMILES string of the molecule is CCC(OS(=O)(=O)CC)C(C)OS(=O)(=O)CC. The third-order valence-electron chi connectivity index (χ3n) is 2.20. The van der Waals surface area contributed by atoms with Gasteiger partial charge in [0, 0.05) is 0 Å². The molecule has 6 nitrogen and oxygen atoms in total. The van der Waals surface area contributed by atoms with Crippen LogP contribution in [0, 0.1) is 0 Å². The predicted octanol–water partition coefficient (Wildman–Crippen LogP) is 0.886. The predicted molar refractivity (Wildman–Crippen MR) is 64.6 cm³/mol. The van der Waals surface area contributed by atoms with Crippen LogP contribution < -0.4 is 0 Å². The lowest BCUT2D eigenvalue weighted by molar-refractivity contribution is 0.0723. The van der Waals surface area contributed by atoms with Gasteiger partial charge in [0.1, 0.15) is 12.2 Å². The number of rotatable bonds is 8. The quantitative estimate of drug-likeness (QED) is 0.616.